The third-order valence-electron chi connectivity index (χ3n) is 25.4. The molecule has 0 saturated carbocycles. The van der Waals surface area contributed by atoms with Gasteiger partial charge in [0.05, 0.1) is 90.0 Å². The number of benzene rings is 17. The van der Waals surface area contributed by atoms with Crippen LogP contribution in [0.25, 0.3) is 188 Å². The topological polar surface area (TPSA) is 83.8 Å². The first-order chi connectivity index (χ1) is 64.7. The quantitative estimate of drug-likeness (QED) is 0.0590. The van der Waals surface area contributed by atoms with Crippen molar-refractivity contribution in [2.75, 3.05) is 0 Å². The molecule has 0 N–H and O–H groups in total. The summed E-state index contributed by atoms with van der Waals surface area (Å²) >= 11 is 0. The lowest BCUT2D eigenvalue weighted by Gasteiger charge is -2.10. The summed E-state index contributed by atoms with van der Waals surface area (Å²) in [4.78, 5) is 24.4. The van der Waals surface area contributed by atoms with E-state index in [1.165, 1.54) is 106 Å². The van der Waals surface area contributed by atoms with Crippen LogP contribution in [0.1, 0.15) is 72.6 Å². The van der Waals surface area contributed by atoms with Crippen LogP contribution in [0.5, 0.6) is 0 Å². The Kier molecular flexibility index (Phi) is 25.0. The van der Waals surface area contributed by atoms with Crippen LogP contribution in [0.15, 0.2) is 340 Å². The van der Waals surface area contributed by atoms with E-state index in [2.05, 4.69) is 294 Å². The van der Waals surface area contributed by atoms with Gasteiger partial charge in [-0.3, -0.25) is 0 Å². The van der Waals surface area contributed by atoms with Gasteiger partial charge in [-0.05, 0) is 279 Å². The maximum Gasteiger partial charge on any atom is 0.331 e. The van der Waals surface area contributed by atoms with E-state index in [1.54, 1.807) is 30.5 Å². The molecule has 5 heterocycles. The molecule has 0 fully saturated rings. The van der Waals surface area contributed by atoms with E-state index in [0.717, 1.165) is 123 Å². The molecule has 0 saturated heterocycles. The summed E-state index contributed by atoms with van der Waals surface area (Å²) in [5.41, 5.74) is 21.0. The first-order valence-electron chi connectivity index (χ1n) is 45.2. The normalized spacial score (nSPS) is 11.4. The molecule has 15 heteroatoms. The number of fused-ring (bicyclic) bond motifs is 13. The Hall–Kier alpha value is -15.6. The van der Waals surface area contributed by atoms with Crippen LogP contribution in [-0.4, -0.2) is 24.9 Å². The number of aryl methyl sites for hydroxylation is 8. The summed E-state index contributed by atoms with van der Waals surface area (Å²) in [5.74, 6) is 2.61. The minimum absolute atomic E-state index is 0.225. The Balaban J connectivity index is 0.000000113. The van der Waals surface area contributed by atoms with Gasteiger partial charge in [0.2, 0.25) is 0 Å². The Labute approximate surface area is 776 Å². The van der Waals surface area contributed by atoms with Gasteiger partial charge in [0.1, 0.15) is 60.1 Å². The third-order valence-corrected chi connectivity index (χ3v) is 25.4. The smallest absolute Gasteiger partial charge is 0.232 e. The second-order valence-electron chi connectivity index (χ2n) is 35.8. The molecule has 0 spiro atoms. The molecule has 0 aliphatic heterocycles. The first kappa shape index (κ1) is 89.0. The Morgan fingerprint density at radius 1 is 0.254 bits per heavy atom. The van der Waals surface area contributed by atoms with Gasteiger partial charge in [0.15, 0.2) is 27.6 Å². The molecular weight excluding hydrogens is 1660 g/mol. The zero-order valence-electron chi connectivity index (χ0n) is 77.6. The number of halogens is 5. The third kappa shape index (κ3) is 18.5. The van der Waals surface area contributed by atoms with Crippen LogP contribution in [0.4, 0.5) is 22.0 Å². The van der Waals surface area contributed by atoms with E-state index in [-0.39, 0.29) is 5.82 Å². The molecule has 0 atom stereocenters. The maximum atomic E-state index is 13.9. The predicted molar refractivity (Wildman–Crippen MR) is 536 cm³/mol. The fourth-order valence-corrected chi connectivity index (χ4v) is 18.0. The van der Waals surface area contributed by atoms with Crippen molar-refractivity contribution >= 4 is 108 Å². The first-order valence-corrected chi connectivity index (χ1v) is 45.2. The Bertz CT molecular complexity index is 8290. The van der Waals surface area contributed by atoms with Crippen LogP contribution < -0.4 is 22.8 Å². The van der Waals surface area contributed by atoms with E-state index in [4.69, 9.17) is 15.0 Å². The summed E-state index contributed by atoms with van der Waals surface area (Å²) in [6, 6.07) is 103. The molecule has 0 aliphatic rings. The van der Waals surface area contributed by atoms with Crippen molar-refractivity contribution in [1.82, 2.24) is 24.9 Å². The summed E-state index contributed by atoms with van der Waals surface area (Å²) in [6.07, 6.45) is 11.5. The minimum Gasteiger partial charge on any atom is -0.232 e. The number of hydrogen-bond acceptors (Lipinski definition) is 5. The second-order valence-corrected chi connectivity index (χ2v) is 35.8. The van der Waals surface area contributed by atoms with Crippen LogP contribution >= 0.6 is 0 Å². The number of nitrogens with zero attached hydrogens (tertiary/aromatic N) is 10. The standard InChI is InChI=1S/C30H29N2.C29H27N2.2C20H15F2N2.C20H16FN2/c1-20(2)17-22-10-13-23(14-11-22)25-12-9-21(3)27(18-25)30-31-29-16-15-24-7-5-6-8-26(24)28(29)19-32(30)4;1-19(2)21-11-13-22(14-12-21)24-10-9-20(3)27(17-24)29-30-28-25(18-31(29)4)16-15-23-7-5-6-8-26(23)28;1-12-17(9-16(21)10-18(12)22)20-23-19-8-14-6-4-3-5-13(14)7-15(19)11-24(20)2;1-12-16(9-14(21)10-18(12)22)20-23-19-8-7-13-5-3-4-6-15(13)17(19)11-24(20)2;1-13-5-3-4-6-18(13)20-22-19-11-15-10-17(21)8-7-14(15)9-16(19)12-23(20)2/h5-16,18-20H,17H2,1-4H3;5-19H,1-4H3;2*3-11H,1-2H3;3-12H,1-2H3/q5*+1. The van der Waals surface area contributed by atoms with Gasteiger partial charge in [-0.2, -0.15) is 0 Å². The zero-order chi connectivity index (χ0) is 93.4. The van der Waals surface area contributed by atoms with Crippen molar-refractivity contribution in [3.63, 3.8) is 0 Å². The van der Waals surface area contributed by atoms with Crippen molar-refractivity contribution < 1.29 is 44.8 Å². The minimum atomic E-state index is -0.603. The van der Waals surface area contributed by atoms with Crippen LogP contribution in [0.3, 0.4) is 0 Å². The molecule has 5 aromatic heterocycles. The fourth-order valence-electron chi connectivity index (χ4n) is 18.0. The summed E-state index contributed by atoms with van der Waals surface area (Å²) < 4.78 is 78.6. The summed E-state index contributed by atoms with van der Waals surface area (Å²) in [7, 11) is 9.85. The van der Waals surface area contributed by atoms with Crippen molar-refractivity contribution in [3.05, 3.63) is 408 Å². The van der Waals surface area contributed by atoms with Gasteiger partial charge in [-0.15, -0.1) is 0 Å². The van der Waals surface area contributed by atoms with E-state index >= 15 is 0 Å². The van der Waals surface area contributed by atoms with Gasteiger partial charge in [-0.25, -0.2) is 44.8 Å². The highest BCUT2D eigenvalue weighted by Gasteiger charge is 2.27. The number of hydrogen-bond donors (Lipinski definition) is 0. The molecule has 10 nitrogen and oxygen atoms in total. The zero-order valence-corrected chi connectivity index (χ0v) is 77.6. The van der Waals surface area contributed by atoms with E-state index in [1.807, 2.05) is 115 Å². The molecule has 17 aromatic carbocycles. The van der Waals surface area contributed by atoms with Gasteiger partial charge in [0, 0.05) is 28.6 Å². The number of aromatic nitrogens is 10. The maximum absolute atomic E-state index is 13.9. The molecule has 0 radical (unpaired) electrons. The van der Waals surface area contributed by atoms with Crippen molar-refractivity contribution in [1.29, 1.82) is 0 Å². The van der Waals surface area contributed by atoms with Crippen LogP contribution in [0.2, 0.25) is 0 Å². The number of rotatable bonds is 10. The lowest BCUT2D eigenvalue weighted by molar-refractivity contribution is -0.661. The second kappa shape index (κ2) is 37.7. The largest absolute Gasteiger partial charge is 0.331 e. The van der Waals surface area contributed by atoms with Crippen molar-refractivity contribution in [2.45, 2.75) is 74.7 Å². The van der Waals surface area contributed by atoms with E-state index < -0.39 is 23.3 Å². The Morgan fingerprint density at radius 3 is 1.13 bits per heavy atom. The average molecular weight is 1770 g/mol. The average Bonchev–Trinajstić information content (AvgIpc) is 0.780. The van der Waals surface area contributed by atoms with Gasteiger partial charge >= 0.3 is 29.1 Å². The fraction of sp³-hybridized carbons (Fsp3) is 0.143. The van der Waals surface area contributed by atoms with E-state index in [0.29, 0.717) is 45.7 Å². The highest BCUT2D eigenvalue weighted by Crippen LogP contribution is 2.37. The van der Waals surface area contributed by atoms with Crippen LogP contribution in [-0.2, 0) is 41.7 Å². The Morgan fingerprint density at radius 2 is 0.627 bits per heavy atom. The summed E-state index contributed by atoms with van der Waals surface area (Å²) in [5, 5.41) is 16.6. The summed E-state index contributed by atoms with van der Waals surface area (Å²) in [6.45, 7) is 18.7. The SMILES string of the molecule is Cc1c(F)cc(F)cc1-c1nc2cc3ccccc3cc2c[n+]1C.Cc1c(F)cc(F)cc1-c1nc2ccc3ccccc3c2c[n+]1C.Cc1ccc(-c2ccc(C(C)C)cc2)cc1-c1nc2c(ccc3ccccc32)c[n+]1C.Cc1ccc(-c2ccc(CC(C)C)cc2)cc1-c1nc2ccc3ccccc3c2c[n+]1C.Cc1ccccc1-c1nc2cc3cc(F)ccc3cc2c[n+]1C. The van der Waals surface area contributed by atoms with Gasteiger partial charge in [0.25, 0.3) is 0 Å². The molecule has 22 rings (SSSR count). The van der Waals surface area contributed by atoms with Crippen molar-refractivity contribution in [3.8, 4) is 79.2 Å². The molecule has 658 valence electrons. The molecule has 134 heavy (non-hydrogen) atoms. The van der Waals surface area contributed by atoms with Crippen LogP contribution in [0, 0.1) is 69.6 Å². The highest BCUT2D eigenvalue weighted by molar-refractivity contribution is 6.08. The van der Waals surface area contributed by atoms with Gasteiger partial charge in [-0.1, -0.05) is 222 Å². The molecule has 0 bridgehead atoms. The molecule has 22 aromatic rings. The lowest BCUT2D eigenvalue weighted by atomic mass is 9.96. The van der Waals surface area contributed by atoms with Gasteiger partial charge < -0.3 is 0 Å². The predicted octanol–water partition coefficient (Wildman–Crippen LogP) is 27.3. The lowest BCUT2D eigenvalue weighted by Crippen LogP contribution is -2.32. The van der Waals surface area contributed by atoms with Crippen molar-refractivity contribution in [2.24, 2.45) is 41.2 Å². The molecule has 0 amide bonds. The molecule has 0 unspecified atom stereocenters. The highest BCUT2D eigenvalue weighted by atomic mass is 19.1. The van der Waals surface area contributed by atoms with E-state index in [9.17, 15) is 22.0 Å². The molecular formula is C119H102F5N10+5. The molecule has 0 aliphatic carbocycles. The monoisotopic (exact) mass is 1770 g/mol.